The quantitative estimate of drug-likeness (QED) is 0.565. The van der Waals surface area contributed by atoms with Crippen LogP contribution in [-0.4, -0.2) is 10.2 Å². The number of aromatic hydroxyl groups is 2. The van der Waals surface area contributed by atoms with Crippen LogP contribution in [0.4, 0.5) is 0 Å². The molecule has 2 heteroatoms. The first-order chi connectivity index (χ1) is 14.0. The Morgan fingerprint density at radius 2 is 1.00 bits per heavy atom. The van der Waals surface area contributed by atoms with Crippen LogP contribution in [0.1, 0.15) is 112 Å². The van der Waals surface area contributed by atoms with Crippen LogP contribution in [0.15, 0.2) is 36.4 Å². The molecule has 0 aromatic heterocycles. The first-order valence-electron chi connectivity index (χ1n) is 11.6. The molecule has 0 amide bonds. The number of hydrogen-bond donors (Lipinski definition) is 2. The molecule has 0 spiro atoms. The normalized spacial score (nSPS) is 19.4. The summed E-state index contributed by atoms with van der Waals surface area (Å²) >= 11 is 0. The summed E-state index contributed by atoms with van der Waals surface area (Å²) in [6, 6.07) is 12.0. The van der Waals surface area contributed by atoms with Crippen molar-refractivity contribution in [1.82, 2.24) is 0 Å². The molecule has 2 saturated carbocycles. The summed E-state index contributed by atoms with van der Waals surface area (Å²) in [6.45, 7) is 4.65. The molecule has 2 nitrogen and oxygen atoms in total. The Kier molecular flexibility index (Phi) is 5.90. The Balaban J connectivity index is 1.79. The van der Waals surface area contributed by atoms with Crippen molar-refractivity contribution in [3.05, 3.63) is 58.7 Å². The van der Waals surface area contributed by atoms with Crippen LogP contribution in [0.3, 0.4) is 0 Å². The van der Waals surface area contributed by atoms with Crippen molar-refractivity contribution in [3.8, 4) is 11.5 Å². The third-order valence-electron chi connectivity index (χ3n) is 7.51. The van der Waals surface area contributed by atoms with Gasteiger partial charge in [0.25, 0.3) is 0 Å². The zero-order valence-electron chi connectivity index (χ0n) is 18.1. The molecule has 29 heavy (non-hydrogen) atoms. The molecule has 2 fully saturated rings. The van der Waals surface area contributed by atoms with E-state index >= 15 is 0 Å². The Bertz CT molecular complexity index is 770. The highest BCUT2D eigenvalue weighted by atomic mass is 16.3. The molecule has 2 aromatic carbocycles. The highest BCUT2D eigenvalue weighted by Crippen LogP contribution is 2.46. The van der Waals surface area contributed by atoms with Gasteiger partial charge in [0, 0.05) is 5.41 Å². The van der Waals surface area contributed by atoms with Crippen LogP contribution in [0, 0.1) is 0 Å². The lowest BCUT2D eigenvalue weighted by Gasteiger charge is -2.36. The number of hydrogen-bond acceptors (Lipinski definition) is 2. The van der Waals surface area contributed by atoms with E-state index in [4.69, 9.17) is 0 Å². The van der Waals surface area contributed by atoms with E-state index in [9.17, 15) is 10.2 Å². The number of phenols is 2. The smallest absolute Gasteiger partial charge is 0.115 e. The highest BCUT2D eigenvalue weighted by Gasteiger charge is 2.33. The Hall–Kier alpha value is -1.96. The number of rotatable bonds is 4. The Morgan fingerprint density at radius 1 is 0.621 bits per heavy atom. The van der Waals surface area contributed by atoms with Crippen molar-refractivity contribution < 1.29 is 10.2 Å². The van der Waals surface area contributed by atoms with Gasteiger partial charge in [-0.1, -0.05) is 64.5 Å². The van der Waals surface area contributed by atoms with Crippen molar-refractivity contribution >= 4 is 0 Å². The van der Waals surface area contributed by atoms with Crippen LogP contribution in [0.2, 0.25) is 0 Å². The van der Waals surface area contributed by atoms with Crippen LogP contribution in [-0.2, 0) is 5.41 Å². The summed E-state index contributed by atoms with van der Waals surface area (Å²) in [4.78, 5) is 0. The Morgan fingerprint density at radius 3 is 1.38 bits per heavy atom. The average Bonchev–Trinajstić information content (AvgIpc) is 2.74. The molecule has 0 aliphatic heterocycles. The van der Waals surface area contributed by atoms with E-state index in [1.807, 2.05) is 24.3 Å². The predicted molar refractivity (Wildman–Crippen MR) is 120 cm³/mol. The minimum absolute atomic E-state index is 0.166. The van der Waals surface area contributed by atoms with Crippen LogP contribution in [0.25, 0.3) is 0 Å². The number of benzene rings is 2. The van der Waals surface area contributed by atoms with Crippen molar-refractivity contribution in [2.45, 2.75) is 95.3 Å². The van der Waals surface area contributed by atoms with Gasteiger partial charge < -0.3 is 10.2 Å². The van der Waals surface area contributed by atoms with Gasteiger partial charge in [-0.2, -0.15) is 0 Å². The van der Waals surface area contributed by atoms with E-state index in [2.05, 4.69) is 26.0 Å². The summed E-state index contributed by atoms with van der Waals surface area (Å²) in [5.41, 5.74) is 5.17. The van der Waals surface area contributed by atoms with E-state index in [1.165, 1.54) is 86.5 Å². The lowest BCUT2D eigenvalue weighted by atomic mass is 9.68. The second-order valence-electron chi connectivity index (χ2n) is 9.84. The predicted octanol–water partition coefficient (Wildman–Crippen LogP) is 7.52. The molecule has 2 aliphatic carbocycles. The van der Waals surface area contributed by atoms with Gasteiger partial charge in [0.1, 0.15) is 11.5 Å². The summed E-state index contributed by atoms with van der Waals surface area (Å²) < 4.78 is 0. The summed E-state index contributed by atoms with van der Waals surface area (Å²) in [5.74, 6) is 1.84. The molecule has 2 aliphatic rings. The second-order valence-corrected chi connectivity index (χ2v) is 9.84. The molecule has 0 radical (unpaired) electrons. The van der Waals surface area contributed by atoms with E-state index in [0.29, 0.717) is 23.3 Å². The second kappa shape index (κ2) is 8.42. The van der Waals surface area contributed by atoms with E-state index in [0.717, 1.165) is 0 Å². The van der Waals surface area contributed by atoms with Gasteiger partial charge in [-0.25, -0.2) is 0 Å². The molecular weight excluding hydrogens is 356 g/mol. The third-order valence-corrected chi connectivity index (χ3v) is 7.51. The van der Waals surface area contributed by atoms with E-state index < -0.39 is 0 Å². The fraction of sp³-hybridized carbons (Fsp3) is 0.556. The maximum atomic E-state index is 10.3. The van der Waals surface area contributed by atoms with Crippen molar-refractivity contribution in [3.63, 3.8) is 0 Å². The lowest BCUT2D eigenvalue weighted by Crippen LogP contribution is -2.25. The van der Waals surface area contributed by atoms with Gasteiger partial charge in [-0.05, 0) is 84.0 Å². The van der Waals surface area contributed by atoms with Gasteiger partial charge in [-0.15, -0.1) is 0 Å². The third kappa shape index (κ3) is 4.17. The first kappa shape index (κ1) is 20.3. The van der Waals surface area contributed by atoms with Crippen LogP contribution in [0.5, 0.6) is 11.5 Å². The van der Waals surface area contributed by atoms with E-state index in [1.54, 1.807) is 0 Å². The van der Waals surface area contributed by atoms with Crippen LogP contribution >= 0.6 is 0 Å². The SMILES string of the molecule is CC(C)(c1ccc(O)cc1C1CCCCC1)c1ccc(O)cc1C1CCCCC1. The molecule has 0 bridgehead atoms. The van der Waals surface area contributed by atoms with Gasteiger partial charge in [-0.3, -0.25) is 0 Å². The minimum atomic E-state index is -0.166. The molecule has 0 unspecified atom stereocenters. The molecule has 156 valence electrons. The fourth-order valence-corrected chi connectivity index (χ4v) is 5.89. The monoisotopic (exact) mass is 392 g/mol. The van der Waals surface area contributed by atoms with Gasteiger partial charge in [0.15, 0.2) is 0 Å². The summed E-state index contributed by atoms with van der Waals surface area (Å²) in [5, 5.41) is 20.5. The highest BCUT2D eigenvalue weighted by molar-refractivity contribution is 5.51. The van der Waals surface area contributed by atoms with Gasteiger partial charge in [0.05, 0.1) is 0 Å². The van der Waals surface area contributed by atoms with Gasteiger partial charge >= 0.3 is 0 Å². The lowest BCUT2D eigenvalue weighted by molar-refractivity contribution is 0.424. The largest absolute Gasteiger partial charge is 0.508 e. The standard InChI is InChI=1S/C27H36O2/c1-27(2,25-15-13-21(28)17-23(25)19-9-5-3-6-10-19)26-16-14-22(29)18-24(26)20-11-7-4-8-12-20/h13-20,28-29H,3-12H2,1-2H3. The van der Waals surface area contributed by atoms with Crippen LogP contribution < -0.4 is 0 Å². The van der Waals surface area contributed by atoms with Crippen molar-refractivity contribution in [2.24, 2.45) is 0 Å². The number of phenolic OH excluding ortho intramolecular Hbond substituents is 2. The summed E-state index contributed by atoms with van der Waals surface area (Å²) in [7, 11) is 0. The maximum absolute atomic E-state index is 10.3. The van der Waals surface area contributed by atoms with E-state index in [-0.39, 0.29) is 5.41 Å². The minimum Gasteiger partial charge on any atom is -0.508 e. The van der Waals surface area contributed by atoms with Crippen molar-refractivity contribution in [1.29, 1.82) is 0 Å². The topological polar surface area (TPSA) is 40.5 Å². The molecule has 0 atom stereocenters. The molecule has 0 heterocycles. The maximum Gasteiger partial charge on any atom is 0.115 e. The molecule has 0 saturated heterocycles. The van der Waals surface area contributed by atoms with Crippen molar-refractivity contribution in [2.75, 3.05) is 0 Å². The molecule has 2 N–H and O–H groups in total. The summed E-state index contributed by atoms with van der Waals surface area (Å²) in [6.07, 6.45) is 12.7. The fourth-order valence-electron chi connectivity index (χ4n) is 5.89. The zero-order valence-corrected chi connectivity index (χ0v) is 18.1. The molecule has 4 rings (SSSR count). The molecule has 2 aromatic rings. The zero-order chi connectivity index (χ0) is 20.4. The first-order valence-corrected chi connectivity index (χ1v) is 11.6. The Labute approximate surface area is 176 Å². The molecular formula is C27H36O2. The average molecular weight is 393 g/mol. The van der Waals surface area contributed by atoms with Gasteiger partial charge in [0.2, 0.25) is 0 Å².